The van der Waals surface area contributed by atoms with Gasteiger partial charge in [0.2, 0.25) is 0 Å². The number of aliphatic hydroxyl groups is 1. The van der Waals surface area contributed by atoms with E-state index in [1.54, 1.807) is 13.0 Å². The summed E-state index contributed by atoms with van der Waals surface area (Å²) in [7, 11) is 0. The largest absolute Gasteiger partial charge is 0.466 e. The summed E-state index contributed by atoms with van der Waals surface area (Å²) in [6.45, 7) is 1.72. The Labute approximate surface area is 126 Å². The number of ketones is 1. The van der Waals surface area contributed by atoms with Crippen LogP contribution in [-0.4, -0.2) is 42.0 Å². The van der Waals surface area contributed by atoms with Crippen LogP contribution in [0.5, 0.6) is 0 Å². The Morgan fingerprint density at radius 2 is 2.14 bits per heavy atom. The number of benzene rings is 1. The zero-order chi connectivity index (χ0) is 15.6. The Hall–Kier alpha value is -1.92. The summed E-state index contributed by atoms with van der Waals surface area (Å²) in [5.41, 5.74) is 0.591. The number of fused-ring (bicyclic) bond motifs is 1. The molecule has 1 aromatic rings. The lowest BCUT2D eigenvalue weighted by atomic mass is 10.1. The molecule has 0 aromatic heterocycles. The molecule has 0 saturated carbocycles. The van der Waals surface area contributed by atoms with E-state index in [0.29, 0.717) is 10.7 Å². The van der Waals surface area contributed by atoms with Crippen molar-refractivity contribution < 1.29 is 24.2 Å². The molecule has 1 aliphatic rings. The van der Waals surface area contributed by atoms with Crippen molar-refractivity contribution >= 4 is 34.9 Å². The van der Waals surface area contributed by atoms with Gasteiger partial charge in [0, 0.05) is 5.02 Å². The molecular formula is C14H14ClNO5. The molecule has 1 aliphatic heterocycles. The molecule has 2 rings (SSSR count). The molecule has 0 saturated heterocycles. The Morgan fingerprint density at radius 3 is 2.81 bits per heavy atom. The number of halogens is 1. The van der Waals surface area contributed by atoms with Crippen molar-refractivity contribution in [1.82, 2.24) is 0 Å². The van der Waals surface area contributed by atoms with Gasteiger partial charge in [0.1, 0.15) is 0 Å². The number of hydrogen-bond donors (Lipinski definition) is 1. The SMILES string of the molecule is CCOC(=O)CC(O)CN1C(=O)C(=O)c2cc(Cl)ccc21. The van der Waals surface area contributed by atoms with E-state index in [0.717, 1.165) is 4.90 Å². The highest BCUT2D eigenvalue weighted by atomic mass is 35.5. The van der Waals surface area contributed by atoms with Gasteiger partial charge in [-0.3, -0.25) is 14.4 Å². The van der Waals surface area contributed by atoms with Gasteiger partial charge in [0.25, 0.3) is 11.7 Å². The minimum Gasteiger partial charge on any atom is -0.466 e. The summed E-state index contributed by atoms with van der Waals surface area (Å²) in [4.78, 5) is 36.2. The third kappa shape index (κ3) is 3.22. The number of nitrogens with zero attached hydrogens (tertiary/aromatic N) is 1. The fourth-order valence-corrected chi connectivity index (χ4v) is 2.31. The maximum Gasteiger partial charge on any atom is 0.308 e. The first-order valence-corrected chi connectivity index (χ1v) is 6.81. The van der Waals surface area contributed by atoms with Gasteiger partial charge in [0.05, 0.1) is 36.9 Å². The molecule has 21 heavy (non-hydrogen) atoms. The lowest BCUT2D eigenvalue weighted by molar-refractivity contribution is -0.145. The van der Waals surface area contributed by atoms with Gasteiger partial charge < -0.3 is 14.7 Å². The summed E-state index contributed by atoms with van der Waals surface area (Å²) in [5.74, 6) is -1.97. The third-order valence-electron chi connectivity index (χ3n) is 3.03. The van der Waals surface area contributed by atoms with E-state index < -0.39 is 23.8 Å². The van der Waals surface area contributed by atoms with E-state index in [1.807, 2.05) is 0 Å². The van der Waals surface area contributed by atoms with Crippen molar-refractivity contribution in [2.45, 2.75) is 19.4 Å². The molecular weight excluding hydrogens is 298 g/mol. The number of carbonyl (C=O) groups excluding carboxylic acids is 3. The van der Waals surface area contributed by atoms with Gasteiger partial charge in [-0.1, -0.05) is 11.6 Å². The number of Topliss-reactive ketones (excluding diaryl/α,β-unsaturated/α-hetero) is 1. The van der Waals surface area contributed by atoms with Crippen molar-refractivity contribution in [2.75, 3.05) is 18.1 Å². The van der Waals surface area contributed by atoms with E-state index in [2.05, 4.69) is 0 Å². The van der Waals surface area contributed by atoms with Crippen molar-refractivity contribution in [3.05, 3.63) is 28.8 Å². The second kappa shape index (κ2) is 6.24. The highest BCUT2D eigenvalue weighted by Gasteiger charge is 2.37. The first kappa shape index (κ1) is 15.5. The number of amides is 1. The average Bonchev–Trinajstić information content (AvgIpc) is 2.64. The number of β-amino-alcohol motifs (C(OH)–C–C–N with tert-alkyl or cyclic N) is 1. The minimum atomic E-state index is -1.11. The van der Waals surface area contributed by atoms with Crippen LogP contribution in [0.4, 0.5) is 5.69 Å². The van der Waals surface area contributed by atoms with E-state index in [-0.39, 0.29) is 25.1 Å². The van der Waals surface area contributed by atoms with Crippen LogP contribution in [-0.2, 0) is 14.3 Å². The van der Waals surface area contributed by atoms with E-state index in [9.17, 15) is 19.5 Å². The Morgan fingerprint density at radius 1 is 1.43 bits per heavy atom. The van der Waals surface area contributed by atoms with Crippen LogP contribution < -0.4 is 4.90 Å². The fraction of sp³-hybridized carbons (Fsp3) is 0.357. The number of hydrogen-bond acceptors (Lipinski definition) is 5. The highest BCUT2D eigenvalue weighted by Crippen LogP contribution is 2.31. The summed E-state index contributed by atoms with van der Waals surface area (Å²) < 4.78 is 4.72. The van der Waals surface area contributed by atoms with Crippen LogP contribution >= 0.6 is 11.6 Å². The monoisotopic (exact) mass is 311 g/mol. The maximum atomic E-state index is 11.9. The molecule has 0 radical (unpaired) electrons. The molecule has 1 atom stereocenters. The van der Waals surface area contributed by atoms with Gasteiger partial charge in [-0.05, 0) is 25.1 Å². The molecule has 1 N–H and O–H groups in total. The zero-order valence-electron chi connectivity index (χ0n) is 11.3. The topological polar surface area (TPSA) is 83.9 Å². The first-order valence-electron chi connectivity index (χ1n) is 6.43. The smallest absolute Gasteiger partial charge is 0.308 e. The fourth-order valence-electron chi connectivity index (χ4n) is 2.14. The predicted molar refractivity (Wildman–Crippen MR) is 75.4 cm³/mol. The molecule has 7 heteroatoms. The van der Waals surface area contributed by atoms with Crippen LogP contribution in [0.15, 0.2) is 18.2 Å². The lowest BCUT2D eigenvalue weighted by Crippen LogP contribution is -2.37. The Kier molecular flexibility index (Phi) is 4.59. The number of ether oxygens (including phenoxy) is 1. The quantitative estimate of drug-likeness (QED) is 0.652. The van der Waals surface area contributed by atoms with Crippen LogP contribution in [0.2, 0.25) is 5.02 Å². The number of esters is 1. The highest BCUT2D eigenvalue weighted by molar-refractivity contribution is 6.52. The number of anilines is 1. The summed E-state index contributed by atoms with van der Waals surface area (Å²) in [5, 5.41) is 10.2. The van der Waals surface area contributed by atoms with E-state index in [4.69, 9.17) is 16.3 Å². The van der Waals surface area contributed by atoms with Crippen LogP contribution in [0.25, 0.3) is 0 Å². The summed E-state index contributed by atoms with van der Waals surface area (Å²) >= 11 is 5.80. The van der Waals surface area contributed by atoms with Crippen LogP contribution in [0.1, 0.15) is 23.7 Å². The number of carbonyl (C=O) groups is 3. The van der Waals surface area contributed by atoms with Crippen molar-refractivity contribution in [2.24, 2.45) is 0 Å². The molecule has 1 aromatic carbocycles. The molecule has 6 nitrogen and oxygen atoms in total. The molecule has 1 unspecified atom stereocenters. The molecule has 1 amide bonds. The molecule has 1 heterocycles. The summed E-state index contributed by atoms with van der Waals surface area (Å²) in [6, 6.07) is 4.50. The second-order valence-corrected chi connectivity index (χ2v) is 5.01. The van der Waals surface area contributed by atoms with Gasteiger partial charge in [-0.25, -0.2) is 0 Å². The predicted octanol–water partition coefficient (Wildman–Crippen LogP) is 1.18. The van der Waals surface area contributed by atoms with Crippen LogP contribution in [0.3, 0.4) is 0 Å². The summed E-state index contributed by atoms with van der Waals surface area (Å²) in [6.07, 6.45) is -1.35. The van der Waals surface area contributed by atoms with Crippen molar-refractivity contribution in [3.8, 4) is 0 Å². The maximum absolute atomic E-state index is 11.9. The van der Waals surface area contributed by atoms with Crippen LogP contribution in [0, 0.1) is 0 Å². The minimum absolute atomic E-state index is 0.155. The van der Waals surface area contributed by atoms with Gasteiger partial charge in [0.15, 0.2) is 0 Å². The van der Waals surface area contributed by atoms with Crippen molar-refractivity contribution in [1.29, 1.82) is 0 Å². The average molecular weight is 312 g/mol. The number of rotatable bonds is 5. The Balaban J connectivity index is 2.13. The van der Waals surface area contributed by atoms with E-state index >= 15 is 0 Å². The molecule has 0 spiro atoms. The van der Waals surface area contributed by atoms with Gasteiger partial charge >= 0.3 is 5.97 Å². The van der Waals surface area contributed by atoms with Gasteiger partial charge in [-0.2, -0.15) is 0 Å². The lowest BCUT2D eigenvalue weighted by Gasteiger charge is -2.20. The number of aliphatic hydroxyl groups excluding tert-OH is 1. The molecule has 0 aliphatic carbocycles. The van der Waals surface area contributed by atoms with E-state index in [1.165, 1.54) is 12.1 Å². The molecule has 0 bridgehead atoms. The first-order chi connectivity index (χ1) is 9.93. The standard InChI is InChI=1S/C14H14ClNO5/c1-2-21-12(18)6-9(17)7-16-11-4-3-8(15)5-10(11)13(19)14(16)20/h3-5,9,17H,2,6-7H2,1H3. The Bertz CT molecular complexity index is 601. The molecule has 0 fully saturated rings. The zero-order valence-corrected chi connectivity index (χ0v) is 12.1. The second-order valence-electron chi connectivity index (χ2n) is 4.57. The normalized spacial score (nSPS) is 15.1. The third-order valence-corrected chi connectivity index (χ3v) is 3.27. The van der Waals surface area contributed by atoms with Crippen molar-refractivity contribution in [3.63, 3.8) is 0 Å². The van der Waals surface area contributed by atoms with Gasteiger partial charge in [-0.15, -0.1) is 0 Å². The molecule has 112 valence electrons.